The van der Waals surface area contributed by atoms with E-state index < -0.39 is 10.0 Å². The van der Waals surface area contributed by atoms with Crippen LogP contribution >= 0.6 is 0 Å². The second-order valence-corrected chi connectivity index (χ2v) is 10.4. The Morgan fingerprint density at radius 1 is 1.15 bits per heavy atom. The van der Waals surface area contributed by atoms with E-state index in [1.807, 2.05) is 26.0 Å². The van der Waals surface area contributed by atoms with E-state index in [-0.39, 0.29) is 11.3 Å². The molecule has 0 spiro atoms. The van der Waals surface area contributed by atoms with Gasteiger partial charge in [0.25, 0.3) is 0 Å². The van der Waals surface area contributed by atoms with Crippen LogP contribution < -0.4 is 0 Å². The summed E-state index contributed by atoms with van der Waals surface area (Å²) in [5.74, 6) is 1.06. The lowest BCUT2D eigenvalue weighted by atomic mass is 9.85. The van der Waals surface area contributed by atoms with Gasteiger partial charge < -0.3 is 4.52 Å². The highest BCUT2D eigenvalue weighted by atomic mass is 32.2. The number of nitrogens with zero attached hydrogens (tertiary/aromatic N) is 3. The van der Waals surface area contributed by atoms with E-state index in [0.717, 1.165) is 29.5 Å². The van der Waals surface area contributed by atoms with Gasteiger partial charge in [-0.25, -0.2) is 8.42 Å². The van der Waals surface area contributed by atoms with Gasteiger partial charge in [0.15, 0.2) is 5.82 Å². The lowest BCUT2D eigenvalue weighted by Crippen LogP contribution is -2.39. The van der Waals surface area contributed by atoms with Crippen LogP contribution in [0.25, 0.3) is 0 Å². The van der Waals surface area contributed by atoms with Gasteiger partial charge in [-0.2, -0.15) is 9.29 Å². The molecule has 1 aliphatic heterocycles. The molecule has 0 unspecified atom stereocenters. The zero-order valence-corrected chi connectivity index (χ0v) is 17.9. The van der Waals surface area contributed by atoms with Crippen molar-refractivity contribution in [2.75, 3.05) is 13.1 Å². The van der Waals surface area contributed by atoms with Crippen LogP contribution in [-0.4, -0.2) is 36.0 Å². The largest absolute Gasteiger partial charge is 0.339 e. The number of aryl methyl sites for hydroxylation is 3. The standard InChI is InChI=1S/C20H29N3O3S/c1-13-10-17(20(4,5)6)11-14(2)18(13)27(24,25)23-9-7-8-16(12-23)19-21-15(3)22-26-19/h10-11,16H,7-9,12H2,1-6H3/t16-/m1/s1. The Balaban J connectivity index is 1.94. The second kappa shape index (κ2) is 7.02. The fraction of sp³-hybridized carbons (Fsp3) is 0.600. The number of sulfonamides is 1. The minimum Gasteiger partial charge on any atom is -0.339 e. The van der Waals surface area contributed by atoms with Gasteiger partial charge in [-0.1, -0.05) is 38.1 Å². The Labute approximate surface area is 162 Å². The Kier molecular flexibility index (Phi) is 5.20. The molecule has 1 aromatic heterocycles. The van der Waals surface area contributed by atoms with Crippen LogP contribution in [0.5, 0.6) is 0 Å². The smallest absolute Gasteiger partial charge is 0.243 e. The highest BCUT2D eigenvalue weighted by Gasteiger charge is 2.35. The molecule has 0 bridgehead atoms. The van der Waals surface area contributed by atoms with Crippen LogP contribution in [0.4, 0.5) is 0 Å². The van der Waals surface area contributed by atoms with Crippen molar-refractivity contribution in [1.29, 1.82) is 0 Å². The third-order valence-corrected chi connectivity index (χ3v) is 7.37. The first-order valence-corrected chi connectivity index (χ1v) is 10.9. The molecule has 2 aromatic rings. The lowest BCUT2D eigenvalue weighted by molar-refractivity contribution is 0.265. The first-order chi connectivity index (χ1) is 12.5. The summed E-state index contributed by atoms with van der Waals surface area (Å²) >= 11 is 0. The van der Waals surface area contributed by atoms with Gasteiger partial charge in [0.2, 0.25) is 15.9 Å². The van der Waals surface area contributed by atoms with E-state index in [1.165, 1.54) is 0 Å². The number of piperidine rings is 1. The van der Waals surface area contributed by atoms with E-state index in [1.54, 1.807) is 11.2 Å². The zero-order chi connectivity index (χ0) is 20.0. The van der Waals surface area contributed by atoms with Crippen molar-refractivity contribution in [2.24, 2.45) is 0 Å². The summed E-state index contributed by atoms with van der Waals surface area (Å²) < 4.78 is 33.7. The molecule has 148 valence electrons. The van der Waals surface area contributed by atoms with Crippen molar-refractivity contribution in [3.8, 4) is 0 Å². The van der Waals surface area contributed by atoms with E-state index in [2.05, 4.69) is 30.9 Å². The fourth-order valence-corrected chi connectivity index (χ4v) is 5.70. The van der Waals surface area contributed by atoms with Crippen molar-refractivity contribution >= 4 is 10.0 Å². The summed E-state index contributed by atoms with van der Waals surface area (Å²) in [5, 5.41) is 3.84. The molecular formula is C20H29N3O3S. The number of benzene rings is 1. The number of hydrogen-bond acceptors (Lipinski definition) is 5. The third-order valence-electron chi connectivity index (χ3n) is 5.20. The van der Waals surface area contributed by atoms with Crippen molar-refractivity contribution in [3.05, 3.63) is 40.5 Å². The quantitative estimate of drug-likeness (QED) is 0.794. The van der Waals surface area contributed by atoms with Gasteiger partial charge in [-0.3, -0.25) is 0 Å². The Morgan fingerprint density at radius 3 is 2.30 bits per heavy atom. The van der Waals surface area contributed by atoms with Gasteiger partial charge >= 0.3 is 0 Å². The molecule has 7 heteroatoms. The van der Waals surface area contributed by atoms with Crippen molar-refractivity contribution in [3.63, 3.8) is 0 Å². The average molecular weight is 392 g/mol. The molecule has 1 aromatic carbocycles. The van der Waals surface area contributed by atoms with Gasteiger partial charge in [-0.05, 0) is 55.7 Å². The van der Waals surface area contributed by atoms with E-state index in [4.69, 9.17) is 4.52 Å². The molecule has 3 rings (SSSR count). The van der Waals surface area contributed by atoms with Crippen molar-refractivity contribution in [2.45, 2.75) is 70.6 Å². The SMILES string of the molecule is Cc1noc([C@@H]2CCCN(S(=O)(=O)c3c(C)cc(C(C)(C)C)cc3C)C2)n1. The van der Waals surface area contributed by atoms with E-state index in [0.29, 0.717) is 29.7 Å². The second-order valence-electron chi connectivity index (χ2n) is 8.57. The molecule has 1 saturated heterocycles. The number of hydrogen-bond donors (Lipinski definition) is 0. The Hall–Kier alpha value is -1.73. The topological polar surface area (TPSA) is 76.3 Å². The van der Waals surface area contributed by atoms with Crippen molar-refractivity contribution in [1.82, 2.24) is 14.4 Å². The maximum atomic E-state index is 13.4. The maximum Gasteiger partial charge on any atom is 0.243 e. The van der Waals surface area contributed by atoms with Crippen LogP contribution in [0.15, 0.2) is 21.6 Å². The van der Waals surface area contributed by atoms with Gasteiger partial charge in [-0.15, -0.1) is 0 Å². The molecule has 1 atom stereocenters. The van der Waals surface area contributed by atoms with Crippen LogP contribution in [0, 0.1) is 20.8 Å². The predicted octanol–water partition coefficient (Wildman–Crippen LogP) is 3.86. The summed E-state index contributed by atoms with van der Waals surface area (Å²) in [6.45, 7) is 12.9. The minimum absolute atomic E-state index is 0.0240. The highest BCUT2D eigenvalue weighted by molar-refractivity contribution is 7.89. The Morgan fingerprint density at radius 2 is 1.78 bits per heavy atom. The maximum absolute atomic E-state index is 13.4. The molecule has 1 aliphatic rings. The average Bonchev–Trinajstić information content (AvgIpc) is 3.00. The van der Waals surface area contributed by atoms with E-state index >= 15 is 0 Å². The Bertz CT molecular complexity index is 919. The predicted molar refractivity (Wildman–Crippen MR) is 104 cm³/mol. The summed E-state index contributed by atoms with van der Waals surface area (Å²) in [5.41, 5.74) is 2.73. The normalized spacial score (nSPS) is 19.4. The van der Waals surface area contributed by atoms with Gasteiger partial charge in [0.05, 0.1) is 10.8 Å². The summed E-state index contributed by atoms with van der Waals surface area (Å²) in [4.78, 5) is 4.73. The molecule has 0 radical (unpaired) electrons. The first-order valence-electron chi connectivity index (χ1n) is 9.42. The molecular weight excluding hydrogens is 362 g/mol. The van der Waals surface area contributed by atoms with Crippen LogP contribution in [0.1, 0.15) is 67.9 Å². The summed E-state index contributed by atoms with van der Waals surface area (Å²) in [7, 11) is -3.58. The molecule has 6 nitrogen and oxygen atoms in total. The highest BCUT2D eigenvalue weighted by Crippen LogP contribution is 2.34. The summed E-state index contributed by atoms with van der Waals surface area (Å²) in [6, 6.07) is 4.01. The first kappa shape index (κ1) is 20.0. The number of aromatic nitrogens is 2. The van der Waals surface area contributed by atoms with E-state index in [9.17, 15) is 8.42 Å². The number of rotatable bonds is 3. The molecule has 0 saturated carbocycles. The lowest BCUT2D eigenvalue weighted by Gasteiger charge is -2.31. The minimum atomic E-state index is -3.58. The van der Waals surface area contributed by atoms with Crippen LogP contribution in [0.3, 0.4) is 0 Å². The molecule has 0 amide bonds. The monoisotopic (exact) mass is 391 g/mol. The molecule has 2 heterocycles. The third kappa shape index (κ3) is 3.94. The zero-order valence-electron chi connectivity index (χ0n) is 17.0. The van der Waals surface area contributed by atoms with Crippen LogP contribution in [0.2, 0.25) is 0 Å². The van der Waals surface area contributed by atoms with Gasteiger partial charge in [0, 0.05) is 13.1 Å². The molecule has 0 N–H and O–H groups in total. The van der Waals surface area contributed by atoms with Crippen LogP contribution in [-0.2, 0) is 15.4 Å². The fourth-order valence-electron chi connectivity index (χ4n) is 3.76. The molecule has 27 heavy (non-hydrogen) atoms. The molecule has 0 aliphatic carbocycles. The summed E-state index contributed by atoms with van der Waals surface area (Å²) in [6.07, 6.45) is 1.64. The van der Waals surface area contributed by atoms with Crippen molar-refractivity contribution < 1.29 is 12.9 Å². The van der Waals surface area contributed by atoms with Gasteiger partial charge in [0.1, 0.15) is 0 Å². The molecule has 1 fully saturated rings.